The van der Waals surface area contributed by atoms with Gasteiger partial charge >= 0.3 is 11.3 Å². The van der Waals surface area contributed by atoms with Gasteiger partial charge in [-0.05, 0) is 47.7 Å². The molecule has 2 aliphatic heterocycles. The number of hydrogen-bond donors (Lipinski definition) is 1. The normalized spacial score (nSPS) is 16.1. The number of fused-ring (bicyclic) bond motifs is 4. The lowest BCUT2D eigenvalue weighted by Gasteiger charge is -2.32. The molecule has 0 saturated carbocycles. The minimum Gasteiger partial charge on any atom is -0.454 e. The Morgan fingerprint density at radius 2 is 2.06 bits per heavy atom. The van der Waals surface area contributed by atoms with Gasteiger partial charge in [-0.3, -0.25) is 14.6 Å². The van der Waals surface area contributed by atoms with Crippen molar-refractivity contribution in [3.05, 3.63) is 58.4 Å². The molecule has 1 atom stereocenters. The summed E-state index contributed by atoms with van der Waals surface area (Å²) in [6, 6.07) is 13.0. The van der Waals surface area contributed by atoms with Crippen LogP contribution in [-0.2, 0) is 4.79 Å². The monoisotopic (exact) mass is 437 g/mol. The smallest absolute Gasteiger partial charge is 0.325 e. The van der Waals surface area contributed by atoms with Gasteiger partial charge < -0.3 is 9.47 Å². The van der Waals surface area contributed by atoms with Gasteiger partial charge in [0.1, 0.15) is 0 Å². The summed E-state index contributed by atoms with van der Waals surface area (Å²) < 4.78 is 12.7. The third kappa shape index (κ3) is 3.16. The number of anilines is 1. The molecule has 158 valence electrons. The molecule has 0 radical (unpaired) electrons. The molecule has 0 fully saturated rings. The van der Waals surface area contributed by atoms with Gasteiger partial charge in [-0.25, -0.2) is 4.90 Å². The number of nitrogens with zero attached hydrogens (tertiary/aromatic N) is 3. The first-order chi connectivity index (χ1) is 15.1. The summed E-state index contributed by atoms with van der Waals surface area (Å²) in [5.74, 6) is 1.22. The fourth-order valence-electron chi connectivity index (χ4n) is 4.04. The highest BCUT2D eigenvalue weighted by Crippen LogP contribution is 2.40. The number of thioether (sulfide) groups is 1. The summed E-state index contributed by atoms with van der Waals surface area (Å²) in [7, 11) is 0. The second kappa shape index (κ2) is 7.73. The Kier molecular flexibility index (Phi) is 4.90. The average Bonchev–Trinajstić information content (AvgIpc) is 3.25. The van der Waals surface area contributed by atoms with Crippen LogP contribution in [0, 0.1) is 0 Å². The summed E-state index contributed by atoms with van der Waals surface area (Å²) >= 11 is 1.34. The Morgan fingerprint density at radius 1 is 1.26 bits per heavy atom. The minimum atomic E-state index is -0.633. The Labute approximate surface area is 182 Å². The van der Waals surface area contributed by atoms with Crippen molar-refractivity contribution >= 4 is 23.4 Å². The molecule has 3 aromatic rings. The molecule has 0 spiro atoms. The van der Waals surface area contributed by atoms with Gasteiger partial charge in [-0.1, -0.05) is 30.8 Å². The van der Waals surface area contributed by atoms with Gasteiger partial charge in [0.2, 0.25) is 17.9 Å². The number of hydrogen-bond acceptors (Lipinski definition) is 6. The predicted molar refractivity (Wildman–Crippen MR) is 115 cm³/mol. The lowest BCUT2D eigenvalue weighted by atomic mass is 10.0. The van der Waals surface area contributed by atoms with Gasteiger partial charge in [0.15, 0.2) is 11.5 Å². The van der Waals surface area contributed by atoms with Crippen molar-refractivity contribution in [1.82, 2.24) is 10.1 Å². The molecule has 31 heavy (non-hydrogen) atoms. The van der Waals surface area contributed by atoms with E-state index in [1.807, 2.05) is 55.6 Å². The molecule has 2 aliphatic rings. The lowest BCUT2D eigenvalue weighted by Crippen LogP contribution is -2.60. The maximum absolute atomic E-state index is 13.4. The van der Waals surface area contributed by atoms with Gasteiger partial charge in [0, 0.05) is 17.1 Å². The van der Waals surface area contributed by atoms with Gasteiger partial charge in [0.05, 0.1) is 11.3 Å². The third-order valence-corrected chi connectivity index (χ3v) is 5.95. The molecule has 3 heterocycles. The molecule has 1 amide bonds. The van der Waals surface area contributed by atoms with E-state index in [0.29, 0.717) is 46.4 Å². The first kappa shape index (κ1) is 19.6. The van der Waals surface area contributed by atoms with Gasteiger partial charge in [-0.15, -0.1) is 0 Å². The first-order valence-corrected chi connectivity index (χ1v) is 11.3. The molecular weight excluding hydrogens is 416 g/mol. The number of aromatic nitrogens is 3. The molecule has 1 N–H and O–H groups in total. The van der Waals surface area contributed by atoms with Crippen molar-refractivity contribution in [2.24, 2.45) is 0 Å². The number of para-hydroxylation sites is 1. The van der Waals surface area contributed by atoms with Crippen LogP contribution in [-0.4, -0.2) is 29.0 Å². The maximum atomic E-state index is 13.4. The van der Waals surface area contributed by atoms with Crippen LogP contribution < -0.4 is 24.6 Å². The van der Waals surface area contributed by atoms with E-state index >= 15 is 0 Å². The predicted octanol–water partition coefficient (Wildman–Crippen LogP) is 2.87. The van der Waals surface area contributed by atoms with E-state index in [1.54, 1.807) is 9.58 Å². The van der Waals surface area contributed by atoms with Crippen LogP contribution in [0.5, 0.6) is 11.5 Å². The molecule has 9 heteroatoms. The maximum Gasteiger partial charge on any atom is 0.325 e. The molecule has 8 nitrogen and oxygen atoms in total. The van der Waals surface area contributed by atoms with E-state index < -0.39 is 6.17 Å². The van der Waals surface area contributed by atoms with E-state index in [0.717, 1.165) is 5.56 Å². The first-order valence-electron chi connectivity index (χ1n) is 10.0. The molecule has 0 bridgehead atoms. The van der Waals surface area contributed by atoms with Crippen LogP contribution in [0.2, 0.25) is 0 Å². The highest BCUT2D eigenvalue weighted by atomic mass is 32.2. The highest BCUT2D eigenvalue weighted by Gasteiger charge is 2.45. The van der Waals surface area contributed by atoms with Crippen LogP contribution in [0.25, 0.3) is 11.3 Å². The van der Waals surface area contributed by atoms with E-state index in [4.69, 9.17) is 14.6 Å². The quantitative estimate of drug-likeness (QED) is 0.499. The lowest BCUT2D eigenvalue weighted by molar-refractivity contribution is -0.763. The topological polar surface area (TPSA) is 88.4 Å². The standard InChI is InChI=1S/C22H20N4O4S/c1-3-6-18(27)25-15-8-5-4-7-14(15)19-20(28)23-22(31-2)24-26(19)21(25)13-9-10-16-17(11-13)30-12-29-16/h4-5,7-11,21H,3,6,12H2,1-2H3/p+1/t21-/m0/s1. The fraction of sp³-hybridized carbons (Fsp3) is 0.273. The Morgan fingerprint density at radius 3 is 2.87 bits per heavy atom. The molecule has 0 aliphatic carbocycles. The molecular formula is C22H21N4O4S+. The van der Waals surface area contributed by atoms with Crippen molar-refractivity contribution < 1.29 is 19.0 Å². The zero-order valence-corrected chi connectivity index (χ0v) is 17.9. The Balaban J connectivity index is 1.81. The fourth-order valence-corrected chi connectivity index (χ4v) is 4.41. The molecule has 0 saturated heterocycles. The zero-order chi connectivity index (χ0) is 21.5. The number of amides is 1. The summed E-state index contributed by atoms with van der Waals surface area (Å²) in [4.78, 5) is 31.0. The molecule has 1 aromatic heterocycles. The number of carbonyl (C=O) groups excluding carboxylic acids is 1. The Bertz CT molecular complexity index is 1240. The summed E-state index contributed by atoms with van der Waals surface area (Å²) in [5, 5.41) is 5.17. The number of rotatable bonds is 4. The molecule has 2 aromatic carbocycles. The van der Waals surface area contributed by atoms with Crippen LogP contribution in [0.4, 0.5) is 5.69 Å². The van der Waals surface area contributed by atoms with Gasteiger partial charge in [0.25, 0.3) is 6.17 Å². The zero-order valence-electron chi connectivity index (χ0n) is 17.1. The summed E-state index contributed by atoms with van der Waals surface area (Å²) in [6.07, 6.45) is 2.30. The summed E-state index contributed by atoms with van der Waals surface area (Å²) in [5.41, 5.74) is 2.30. The van der Waals surface area contributed by atoms with Crippen LogP contribution in [0.1, 0.15) is 31.5 Å². The van der Waals surface area contributed by atoms with Gasteiger partial charge in [-0.2, -0.15) is 0 Å². The Hall–Kier alpha value is -3.33. The van der Waals surface area contributed by atoms with Crippen molar-refractivity contribution in [2.75, 3.05) is 17.9 Å². The number of aromatic amines is 1. The van der Waals surface area contributed by atoms with Crippen molar-refractivity contribution in [3.63, 3.8) is 0 Å². The number of ether oxygens (including phenoxy) is 2. The minimum absolute atomic E-state index is 0.0384. The van der Waals surface area contributed by atoms with Crippen molar-refractivity contribution in [1.29, 1.82) is 0 Å². The van der Waals surface area contributed by atoms with Crippen molar-refractivity contribution in [3.8, 4) is 22.8 Å². The number of nitrogens with one attached hydrogen (secondary N) is 1. The second-order valence-electron chi connectivity index (χ2n) is 7.27. The number of H-pyrrole nitrogens is 1. The van der Waals surface area contributed by atoms with E-state index in [9.17, 15) is 9.59 Å². The van der Waals surface area contributed by atoms with Crippen molar-refractivity contribution in [2.45, 2.75) is 31.1 Å². The van der Waals surface area contributed by atoms with Crippen LogP contribution in [0.3, 0.4) is 0 Å². The SMILES string of the molecule is CCCC(=O)N1c2ccccc2-c2c(=O)[nH]c(SC)n[n+]2[C@H]1c1ccc2c(c1)OCO2. The molecule has 0 unspecified atom stereocenters. The highest BCUT2D eigenvalue weighted by molar-refractivity contribution is 7.98. The number of benzene rings is 2. The summed E-state index contributed by atoms with van der Waals surface area (Å²) in [6.45, 7) is 2.13. The van der Waals surface area contributed by atoms with Crippen LogP contribution in [0.15, 0.2) is 52.4 Å². The van der Waals surface area contributed by atoms with E-state index in [-0.39, 0.29) is 18.3 Å². The van der Waals surface area contributed by atoms with E-state index in [2.05, 4.69) is 4.98 Å². The van der Waals surface area contributed by atoms with Crippen LogP contribution >= 0.6 is 11.8 Å². The second-order valence-corrected chi connectivity index (χ2v) is 8.07. The molecule has 5 rings (SSSR count). The average molecular weight is 438 g/mol. The number of carbonyl (C=O) groups is 1. The van der Waals surface area contributed by atoms with E-state index in [1.165, 1.54) is 11.8 Å². The largest absolute Gasteiger partial charge is 0.454 e. The third-order valence-electron chi connectivity index (χ3n) is 5.38.